The van der Waals surface area contributed by atoms with Crippen LogP contribution in [-0.2, 0) is 5.41 Å². The number of aromatic hydroxyl groups is 1. The number of phenolic OH excluding ortho intramolecular Hbond substituents is 1. The van der Waals surface area contributed by atoms with Gasteiger partial charge in [0.1, 0.15) is 11.5 Å². The maximum Gasteiger partial charge on any atom is 0.129 e. The minimum atomic E-state index is -0.0272. The Morgan fingerprint density at radius 3 is 2.29 bits per heavy atom. The summed E-state index contributed by atoms with van der Waals surface area (Å²) in [6.07, 6.45) is 0. The van der Waals surface area contributed by atoms with Crippen molar-refractivity contribution < 1.29 is 9.84 Å². The van der Waals surface area contributed by atoms with Crippen molar-refractivity contribution in [3.63, 3.8) is 0 Å². The van der Waals surface area contributed by atoms with Crippen molar-refractivity contribution in [1.29, 1.82) is 0 Å². The maximum atomic E-state index is 9.62. The van der Waals surface area contributed by atoms with Crippen molar-refractivity contribution in [2.24, 2.45) is 0 Å². The summed E-state index contributed by atoms with van der Waals surface area (Å²) in [6.45, 7) is 6.31. The molecule has 1 rings (SSSR count). The average Bonchev–Trinajstić information content (AvgIpc) is 2.07. The smallest absolute Gasteiger partial charge is 0.129 e. The highest BCUT2D eigenvalue weighted by atomic mass is 127. The highest BCUT2D eigenvalue weighted by Gasteiger charge is 2.23. The first-order valence-electron chi connectivity index (χ1n) is 4.44. The lowest BCUT2D eigenvalue weighted by molar-refractivity contribution is 0.392. The van der Waals surface area contributed by atoms with Gasteiger partial charge in [0.05, 0.1) is 10.7 Å². The topological polar surface area (TPSA) is 29.5 Å². The molecule has 0 spiro atoms. The highest BCUT2D eigenvalue weighted by Crippen LogP contribution is 2.38. The van der Waals surface area contributed by atoms with Gasteiger partial charge in [-0.1, -0.05) is 20.8 Å². The van der Waals surface area contributed by atoms with E-state index in [1.54, 1.807) is 19.2 Å². The molecule has 0 aromatic heterocycles. The lowest BCUT2D eigenvalue weighted by atomic mass is 9.86. The molecule has 0 bridgehead atoms. The first-order chi connectivity index (χ1) is 6.38. The van der Waals surface area contributed by atoms with Crippen LogP contribution in [0.2, 0.25) is 0 Å². The third kappa shape index (κ3) is 2.13. The zero-order valence-electron chi connectivity index (χ0n) is 8.89. The minimum absolute atomic E-state index is 0.0272. The van der Waals surface area contributed by atoms with E-state index in [4.69, 9.17) is 4.74 Å². The molecule has 0 fully saturated rings. The van der Waals surface area contributed by atoms with Crippen LogP contribution in [0.1, 0.15) is 26.3 Å². The Bertz CT molecular complexity index is 340. The molecule has 0 saturated heterocycles. The lowest BCUT2D eigenvalue weighted by Gasteiger charge is -2.24. The van der Waals surface area contributed by atoms with E-state index in [1.165, 1.54) is 0 Å². The largest absolute Gasteiger partial charge is 0.507 e. The average molecular weight is 306 g/mol. The fraction of sp³-hybridized carbons (Fsp3) is 0.455. The van der Waals surface area contributed by atoms with Crippen LogP contribution in [0.25, 0.3) is 0 Å². The lowest BCUT2D eigenvalue weighted by Crippen LogP contribution is -2.14. The monoisotopic (exact) mass is 306 g/mol. The number of hydrogen-bond donors (Lipinski definition) is 1. The molecule has 1 aromatic carbocycles. The molecule has 0 radical (unpaired) electrons. The molecule has 2 nitrogen and oxygen atoms in total. The SMILES string of the molecule is COc1ccc(O)c(I)c1C(C)(C)C. The van der Waals surface area contributed by atoms with E-state index in [9.17, 15) is 5.11 Å². The number of phenols is 1. The second-order valence-electron chi connectivity index (χ2n) is 4.23. The molecule has 14 heavy (non-hydrogen) atoms. The fourth-order valence-corrected chi connectivity index (χ4v) is 2.67. The van der Waals surface area contributed by atoms with Gasteiger partial charge in [-0.3, -0.25) is 0 Å². The molecule has 0 aliphatic rings. The Morgan fingerprint density at radius 2 is 1.86 bits per heavy atom. The summed E-state index contributed by atoms with van der Waals surface area (Å²) in [7, 11) is 1.65. The molecular formula is C11H15IO2. The number of hydrogen-bond acceptors (Lipinski definition) is 2. The van der Waals surface area contributed by atoms with Gasteiger partial charge in [0, 0.05) is 5.56 Å². The minimum Gasteiger partial charge on any atom is -0.507 e. The quantitative estimate of drug-likeness (QED) is 0.807. The Kier molecular flexibility index (Phi) is 3.29. The van der Waals surface area contributed by atoms with Gasteiger partial charge in [-0.05, 0) is 40.1 Å². The number of halogens is 1. The normalized spacial score (nSPS) is 11.5. The zero-order valence-corrected chi connectivity index (χ0v) is 11.0. The molecule has 0 aliphatic carbocycles. The first kappa shape index (κ1) is 11.6. The van der Waals surface area contributed by atoms with Crippen molar-refractivity contribution in [2.75, 3.05) is 7.11 Å². The van der Waals surface area contributed by atoms with Crippen LogP contribution in [-0.4, -0.2) is 12.2 Å². The van der Waals surface area contributed by atoms with Gasteiger partial charge < -0.3 is 9.84 Å². The van der Waals surface area contributed by atoms with Gasteiger partial charge in [-0.2, -0.15) is 0 Å². The van der Waals surface area contributed by atoms with Gasteiger partial charge in [0.2, 0.25) is 0 Å². The van der Waals surface area contributed by atoms with Crippen molar-refractivity contribution in [3.05, 3.63) is 21.3 Å². The van der Waals surface area contributed by atoms with E-state index in [0.717, 1.165) is 14.9 Å². The van der Waals surface area contributed by atoms with Crippen LogP contribution in [0.4, 0.5) is 0 Å². The first-order valence-corrected chi connectivity index (χ1v) is 5.51. The molecule has 0 heterocycles. The van der Waals surface area contributed by atoms with Gasteiger partial charge in [-0.15, -0.1) is 0 Å². The molecule has 1 N–H and O–H groups in total. The van der Waals surface area contributed by atoms with Crippen LogP contribution >= 0.6 is 22.6 Å². The number of ether oxygens (including phenoxy) is 1. The Morgan fingerprint density at radius 1 is 1.29 bits per heavy atom. The summed E-state index contributed by atoms with van der Waals surface area (Å²) < 4.78 is 6.16. The van der Waals surface area contributed by atoms with Gasteiger partial charge in [-0.25, -0.2) is 0 Å². The summed E-state index contributed by atoms with van der Waals surface area (Å²) in [5.74, 6) is 1.15. The Hall–Kier alpha value is -0.450. The van der Waals surface area contributed by atoms with Crippen molar-refractivity contribution in [3.8, 4) is 11.5 Å². The highest BCUT2D eigenvalue weighted by molar-refractivity contribution is 14.1. The third-order valence-corrected chi connectivity index (χ3v) is 3.15. The molecule has 0 atom stereocenters. The summed E-state index contributed by atoms with van der Waals surface area (Å²) in [5.41, 5.74) is 1.03. The third-order valence-electron chi connectivity index (χ3n) is 2.05. The maximum absolute atomic E-state index is 9.62. The molecule has 0 aliphatic heterocycles. The molecule has 3 heteroatoms. The molecule has 1 aromatic rings. The van der Waals surface area contributed by atoms with E-state index in [1.807, 2.05) is 0 Å². The number of rotatable bonds is 1. The molecule has 0 amide bonds. The molecule has 0 unspecified atom stereocenters. The predicted molar refractivity (Wildman–Crippen MR) is 66.1 cm³/mol. The second kappa shape index (κ2) is 3.96. The standard InChI is InChI=1S/C11H15IO2/c1-11(2,3)9-8(14-4)6-5-7(13)10(9)12/h5-6,13H,1-4H3. The van der Waals surface area contributed by atoms with Gasteiger partial charge in [0.25, 0.3) is 0 Å². The Labute approximate surface area is 98.4 Å². The van der Waals surface area contributed by atoms with Gasteiger partial charge in [0.15, 0.2) is 0 Å². The van der Waals surface area contributed by atoms with Crippen molar-refractivity contribution in [2.45, 2.75) is 26.2 Å². The predicted octanol–water partition coefficient (Wildman–Crippen LogP) is 3.30. The van der Waals surface area contributed by atoms with Crippen LogP contribution in [0.3, 0.4) is 0 Å². The van der Waals surface area contributed by atoms with Crippen molar-refractivity contribution in [1.82, 2.24) is 0 Å². The van der Waals surface area contributed by atoms with E-state index < -0.39 is 0 Å². The molecular weight excluding hydrogens is 291 g/mol. The van der Waals surface area contributed by atoms with Crippen LogP contribution < -0.4 is 4.74 Å². The molecule has 78 valence electrons. The van der Waals surface area contributed by atoms with Crippen LogP contribution in [0, 0.1) is 3.57 Å². The Balaban J connectivity index is 3.44. The van der Waals surface area contributed by atoms with Crippen LogP contribution in [0.5, 0.6) is 11.5 Å². The van der Waals surface area contributed by atoms with E-state index in [-0.39, 0.29) is 5.41 Å². The summed E-state index contributed by atoms with van der Waals surface area (Å²) in [4.78, 5) is 0. The summed E-state index contributed by atoms with van der Waals surface area (Å²) >= 11 is 2.15. The zero-order chi connectivity index (χ0) is 10.9. The second-order valence-corrected chi connectivity index (χ2v) is 5.30. The number of benzene rings is 1. The van der Waals surface area contributed by atoms with E-state index >= 15 is 0 Å². The van der Waals surface area contributed by atoms with Crippen LogP contribution in [0.15, 0.2) is 12.1 Å². The summed E-state index contributed by atoms with van der Waals surface area (Å²) in [5, 5.41) is 9.62. The summed E-state index contributed by atoms with van der Waals surface area (Å²) in [6, 6.07) is 3.47. The van der Waals surface area contributed by atoms with E-state index in [0.29, 0.717) is 5.75 Å². The van der Waals surface area contributed by atoms with Crippen molar-refractivity contribution >= 4 is 22.6 Å². The van der Waals surface area contributed by atoms with Gasteiger partial charge >= 0.3 is 0 Å². The van der Waals surface area contributed by atoms with E-state index in [2.05, 4.69) is 43.4 Å². The number of methoxy groups -OCH3 is 1. The molecule has 0 saturated carbocycles. The fourth-order valence-electron chi connectivity index (χ4n) is 1.42.